The molecule has 246 valence electrons. The molecule has 2 aromatic carbocycles. The molecule has 2 fully saturated rings. The number of phenols is 3. The number of hydrogen-bond acceptors (Lipinski definition) is 17. The Kier molecular flexibility index (Phi) is 9.38. The third-order valence-corrected chi connectivity index (χ3v) is 7.57. The standard InChI is InChI=1S/C28H32O17/c1-40-10-5-13(33)17-14(6-10)41-24(9-2-3-11(31)12(32)4-9)26(19(17)35)45-28-23(39)21(37)25(16(8-30)43-28)44-27-22(38)20(36)18(34)15(7-29)42-27/h2-6,15-16,18,20-23,25,27-34,36-39H,7-8H2,1H3/t15-,16-,18-,20+,21-,22+,23-,25-,27-,28-/m0/s1. The van der Waals surface area contributed by atoms with Crippen LogP contribution >= 0.6 is 0 Å². The fourth-order valence-corrected chi connectivity index (χ4v) is 5.11. The monoisotopic (exact) mass is 640 g/mol. The number of aliphatic hydroxyl groups excluding tert-OH is 7. The molecule has 1 aromatic heterocycles. The molecule has 5 rings (SSSR count). The molecule has 3 aromatic rings. The molecule has 45 heavy (non-hydrogen) atoms. The Bertz CT molecular complexity index is 1570. The lowest BCUT2D eigenvalue weighted by atomic mass is 9.97. The van der Waals surface area contributed by atoms with Crippen molar-refractivity contribution in [2.75, 3.05) is 20.3 Å². The fourth-order valence-electron chi connectivity index (χ4n) is 5.11. The molecule has 17 heteroatoms. The van der Waals surface area contributed by atoms with E-state index >= 15 is 0 Å². The summed E-state index contributed by atoms with van der Waals surface area (Å²) in [6.07, 6.45) is -17.6. The third kappa shape index (κ3) is 5.98. The van der Waals surface area contributed by atoms with Gasteiger partial charge in [0.25, 0.3) is 0 Å². The van der Waals surface area contributed by atoms with Gasteiger partial charge >= 0.3 is 0 Å². The number of aliphatic hydroxyl groups is 7. The highest BCUT2D eigenvalue weighted by molar-refractivity contribution is 5.88. The first-order chi connectivity index (χ1) is 21.4. The minimum Gasteiger partial charge on any atom is -0.507 e. The molecule has 0 aliphatic carbocycles. The highest BCUT2D eigenvalue weighted by Crippen LogP contribution is 2.40. The van der Waals surface area contributed by atoms with Crippen molar-refractivity contribution < 1.29 is 79.2 Å². The van der Waals surface area contributed by atoms with Crippen LogP contribution in [0.25, 0.3) is 22.3 Å². The molecular formula is C28H32O17. The van der Waals surface area contributed by atoms with Gasteiger partial charge in [0.15, 0.2) is 23.5 Å². The SMILES string of the molecule is COc1cc(O)c2c(=O)c(O[C@@H]3O[C@@H](CO)[C@H](O[C@@H]4O[C@@H](CO)[C@H](O)[C@@H](O)[C@H]4O)[C@@H](O)[C@@H]3O)c(-c3ccc(O)c(O)c3)oc2c1. The second kappa shape index (κ2) is 12.9. The molecule has 0 amide bonds. The Hall–Kier alpha value is -3.75. The maximum Gasteiger partial charge on any atom is 0.239 e. The maximum absolute atomic E-state index is 13.7. The Labute approximate surface area is 252 Å². The predicted octanol–water partition coefficient (Wildman–Crippen LogP) is -2.41. The summed E-state index contributed by atoms with van der Waals surface area (Å²) < 4.78 is 33.1. The van der Waals surface area contributed by atoms with Gasteiger partial charge in [0.1, 0.15) is 71.3 Å². The van der Waals surface area contributed by atoms with Crippen LogP contribution in [0, 0.1) is 0 Å². The van der Waals surface area contributed by atoms with Gasteiger partial charge in [0.05, 0.1) is 20.3 Å². The van der Waals surface area contributed by atoms with Gasteiger partial charge in [-0.3, -0.25) is 4.79 Å². The molecule has 3 heterocycles. The van der Waals surface area contributed by atoms with E-state index in [2.05, 4.69) is 0 Å². The van der Waals surface area contributed by atoms with Crippen molar-refractivity contribution in [1.29, 1.82) is 0 Å². The molecule has 2 saturated heterocycles. The normalized spacial score (nSPS) is 32.0. The van der Waals surface area contributed by atoms with Crippen molar-refractivity contribution in [3.8, 4) is 40.1 Å². The molecule has 2 aliphatic heterocycles. The number of rotatable bonds is 8. The van der Waals surface area contributed by atoms with Gasteiger partial charge in [-0.15, -0.1) is 0 Å². The lowest BCUT2D eigenvalue weighted by Crippen LogP contribution is -2.65. The minimum absolute atomic E-state index is 0.00464. The minimum atomic E-state index is -2.02. The number of ether oxygens (including phenoxy) is 5. The van der Waals surface area contributed by atoms with Crippen molar-refractivity contribution in [3.63, 3.8) is 0 Å². The van der Waals surface area contributed by atoms with E-state index in [0.717, 1.165) is 18.2 Å². The van der Waals surface area contributed by atoms with Crippen molar-refractivity contribution in [2.45, 2.75) is 61.4 Å². The topological polar surface area (TPSA) is 279 Å². The summed E-state index contributed by atoms with van der Waals surface area (Å²) in [6, 6.07) is 5.83. The number of hydrogen-bond donors (Lipinski definition) is 10. The van der Waals surface area contributed by atoms with E-state index in [-0.39, 0.29) is 28.0 Å². The zero-order chi connectivity index (χ0) is 32.7. The number of benzene rings is 2. The molecule has 0 unspecified atom stereocenters. The first kappa shape index (κ1) is 32.6. The summed E-state index contributed by atoms with van der Waals surface area (Å²) in [6.45, 7) is -1.65. The number of methoxy groups -OCH3 is 1. The van der Waals surface area contributed by atoms with Crippen LogP contribution in [0.15, 0.2) is 39.5 Å². The summed E-state index contributed by atoms with van der Waals surface area (Å²) in [5.41, 5.74) is -1.15. The highest BCUT2D eigenvalue weighted by atomic mass is 16.7. The van der Waals surface area contributed by atoms with Crippen LogP contribution in [0.1, 0.15) is 0 Å². The lowest BCUT2D eigenvalue weighted by Gasteiger charge is -2.45. The van der Waals surface area contributed by atoms with E-state index in [1.807, 2.05) is 0 Å². The molecule has 10 atom stereocenters. The largest absolute Gasteiger partial charge is 0.507 e. The number of aromatic hydroxyl groups is 3. The third-order valence-electron chi connectivity index (χ3n) is 7.57. The van der Waals surface area contributed by atoms with Crippen LogP contribution in [0.3, 0.4) is 0 Å². The van der Waals surface area contributed by atoms with Gasteiger partial charge in [0.2, 0.25) is 17.5 Å². The zero-order valence-corrected chi connectivity index (χ0v) is 23.4. The first-order valence-electron chi connectivity index (χ1n) is 13.5. The van der Waals surface area contributed by atoms with Gasteiger partial charge in [-0.25, -0.2) is 0 Å². The molecule has 0 saturated carbocycles. The van der Waals surface area contributed by atoms with E-state index < -0.39 is 103 Å². The van der Waals surface area contributed by atoms with Crippen molar-refractivity contribution >= 4 is 11.0 Å². The van der Waals surface area contributed by atoms with Gasteiger partial charge in [-0.2, -0.15) is 0 Å². The van der Waals surface area contributed by atoms with E-state index in [1.54, 1.807) is 0 Å². The molecule has 0 spiro atoms. The zero-order valence-electron chi connectivity index (χ0n) is 23.4. The van der Waals surface area contributed by atoms with Crippen LogP contribution < -0.4 is 14.9 Å². The van der Waals surface area contributed by atoms with Crippen molar-refractivity contribution in [3.05, 3.63) is 40.6 Å². The number of phenolic OH excluding ortho intramolecular Hbond substituents is 3. The average Bonchev–Trinajstić information content (AvgIpc) is 3.02. The second-order valence-corrected chi connectivity index (χ2v) is 10.4. The quantitative estimate of drug-likeness (QED) is 0.115. The molecule has 0 bridgehead atoms. The van der Waals surface area contributed by atoms with E-state index in [9.17, 15) is 55.9 Å². The van der Waals surface area contributed by atoms with E-state index in [4.69, 9.17) is 28.1 Å². The van der Waals surface area contributed by atoms with Crippen LogP contribution in [0.2, 0.25) is 0 Å². The van der Waals surface area contributed by atoms with Gasteiger partial charge in [-0.05, 0) is 18.2 Å². The first-order valence-corrected chi connectivity index (χ1v) is 13.5. The van der Waals surface area contributed by atoms with Crippen molar-refractivity contribution in [1.82, 2.24) is 0 Å². The average molecular weight is 641 g/mol. The lowest BCUT2D eigenvalue weighted by molar-refractivity contribution is -0.352. The predicted molar refractivity (Wildman–Crippen MR) is 146 cm³/mol. The van der Waals surface area contributed by atoms with Crippen LogP contribution in [0.4, 0.5) is 0 Å². The molecular weight excluding hydrogens is 608 g/mol. The number of fused-ring (bicyclic) bond motifs is 1. The molecule has 0 radical (unpaired) electrons. The molecule has 10 N–H and O–H groups in total. The van der Waals surface area contributed by atoms with Crippen LogP contribution in [0.5, 0.6) is 28.7 Å². The Morgan fingerprint density at radius 1 is 0.756 bits per heavy atom. The van der Waals surface area contributed by atoms with Crippen molar-refractivity contribution in [2.24, 2.45) is 0 Å². The highest BCUT2D eigenvalue weighted by Gasteiger charge is 2.51. The van der Waals surface area contributed by atoms with E-state index in [1.165, 1.54) is 19.2 Å². The molecule has 2 aliphatic rings. The Morgan fingerprint density at radius 2 is 1.42 bits per heavy atom. The van der Waals surface area contributed by atoms with Gasteiger partial charge < -0.3 is 79.2 Å². The summed E-state index contributed by atoms with van der Waals surface area (Å²) in [7, 11) is 1.31. The smallest absolute Gasteiger partial charge is 0.239 e. The maximum atomic E-state index is 13.7. The fraction of sp³-hybridized carbons (Fsp3) is 0.464. The van der Waals surface area contributed by atoms with Gasteiger partial charge in [0, 0.05) is 17.7 Å². The summed E-state index contributed by atoms with van der Waals surface area (Å²) in [4.78, 5) is 13.7. The Balaban J connectivity index is 1.50. The summed E-state index contributed by atoms with van der Waals surface area (Å²) >= 11 is 0. The Morgan fingerprint density at radius 3 is 2.07 bits per heavy atom. The molecule has 17 nitrogen and oxygen atoms in total. The van der Waals surface area contributed by atoms with Gasteiger partial charge in [-0.1, -0.05) is 0 Å². The summed E-state index contributed by atoms with van der Waals surface area (Å²) in [5.74, 6) is -2.55. The van der Waals surface area contributed by atoms with Crippen LogP contribution in [-0.4, -0.2) is 133 Å². The van der Waals surface area contributed by atoms with Crippen LogP contribution in [-0.2, 0) is 14.2 Å². The van der Waals surface area contributed by atoms with E-state index in [0.29, 0.717) is 0 Å². The second-order valence-electron chi connectivity index (χ2n) is 10.4. The summed E-state index contributed by atoms with van der Waals surface area (Å²) in [5, 5.41) is 102.